The van der Waals surface area contributed by atoms with Crippen molar-refractivity contribution >= 4 is 55.9 Å². The van der Waals surface area contributed by atoms with E-state index in [9.17, 15) is 23.3 Å². The highest BCUT2D eigenvalue weighted by Crippen LogP contribution is 2.38. The van der Waals surface area contributed by atoms with E-state index < -0.39 is 15.9 Å². The second-order valence-electron chi connectivity index (χ2n) is 9.17. The summed E-state index contributed by atoms with van der Waals surface area (Å²) in [5, 5.41) is 9.74. The molecule has 0 N–H and O–H groups in total. The van der Waals surface area contributed by atoms with Crippen LogP contribution >= 0.6 is 24.0 Å². The maximum Gasteiger partial charge on any atom is 0.270 e. The van der Waals surface area contributed by atoms with Gasteiger partial charge in [0.2, 0.25) is 0 Å². The number of amides is 1. The molecular weight excluding hydrogens is 508 g/mol. The van der Waals surface area contributed by atoms with Crippen molar-refractivity contribution in [1.82, 2.24) is 9.47 Å². The van der Waals surface area contributed by atoms with E-state index in [1.54, 1.807) is 17.6 Å². The molecule has 1 aromatic heterocycles. The highest BCUT2D eigenvalue weighted by Gasteiger charge is 2.42. The number of hydrogen-bond acceptors (Lipinski definition) is 9. The number of thioether (sulfide) groups is 1. The summed E-state index contributed by atoms with van der Waals surface area (Å²) in [4.78, 5) is 30.4. The molecule has 9 nitrogen and oxygen atoms in total. The van der Waals surface area contributed by atoms with Crippen molar-refractivity contribution in [2.24, 2.45) is 0 Å². The quantitative estimate of drug-likeness (QED) is 0.421. The van der Waals surface area contributed by atoms with E-state index in [2.05, 4.69) is 4.90 Å². The van der Waals surface area contributed by atoms with Gasteiger partial charge < -0.3 is 9.64 Å². The molecule has 4 rings (SSSR count). The lowest BCUT2D eigenvalue weighted by atomic mass is 10.0. The van der Waals surface area contributed by atoms with Gasteiger partial charge in [-0.05, 0) is 45.8 Å². The number of carbonyl (C=O) groups excluding carboxylic acids is 1. The zero-order chi connectivity index (χ0) is 25.7. The predicted molar refractivity (Wildman–Crippen MR) is 140 cm³/mol. The van der Waals surface area contributed by atoms with Crippen molar-refractivity contribution in [1.29, 1.82) is 5.26 Å². The van der Waals surface area contributed by atoms with Gasteiger partial charge in [-0.3, -0.25) is 19.1 Å². The largest absolute Gasteiger partial charge is 0.372 e. The first-order chi connectivity index (χ1) is 16.5. The van der Waals surface area contributed by atoms with Crippen LogP contribution in [0.15, 0.2) is 9.70 Å². The van der Waals surface area contributed by atoms with Gasteiger partial charge in [0.15, 0.2) is 9.84 Å². The number of carbonyl (C=O) groups is 1. The van der Waals surface area contributed by atoms with Gasteiger partial charge in [0.1, 0.15) is 21.8 Å². The van der Waals surface area contributed by atoms with Crippen LogP contribution in [0.3, 0.4) is 0 Å². The van der Waals surface area contributed by atoms with Crippen LogP contribution in [-0.4, -0.2) is 71.0 Å². The Morgan fingerprint density at radius 1 is 1.26 bits per heavy atom. The summed E-state index contributed by atoms with van der Waals surface area (Å²) in [5.41, 5.74) is 0.783. The van der Waals surface area contributed by atoms with Gasteiger partial charge in [0.05, 0.1) is 34.7 Å². The number of sulfone groups is 1. The number of thiocarbonyl (C=S) groups is 1. The molecule has 3 atom stereocenters. The Balaban J connectivity index is 1.85. The molecule has 12 heteroatoms. The van der Waals surface area contributed by atoms with Gasteiger partial charge in [0.25, 0.3) is 11.5 Å². The highest BCUT2D eigenvalue weighted by molar-refractivity contribution is 8.26. The number of nitriles is 1. The van der Waals surface area contributed by atoms with Crippen LogP contribution in [0.1, 0.15) is 43.9 Å². The second-order valence-corrected chi connectivity index (χ2v) is 13.1. The summed E-state index contributed by atoms with van der Waals surface area (Å²) >= 11 is 6.58. The zero-order valence-corrected chi connectivity index (χ0v) is 22.6. The van der Waals surface area contributed by atoms with E-state index in [0.29, 0.717) is 52.2 Å². The van der Waals surface area contributed by atoms with E-state index in [4.69, 9.17) is 17.0 Å². The molecule has 3 saturated heterocycles. The lowest BCUT2D eigenvalue weighted by molar-refractivity contribution is -0.123. The van der Waals surface area contributed by atoms with Crippen molar-refractivity contribution in [2.75, 3.05) is 29.5 Å². The molecule has 3 aliphatic heterocycles. The smallest absolute Gasteiger partial charge is 0.270 e. The zero-order valence-electron chi connectivity index (χ0n) is 20.1. The van der Waals surface area contributed by atoms with Gasteiger partial charge in [-0.25, -0.2) is 8.42 Å². The molecule has 0 spiro atoms. The third-order valence-corrected chi connectivity index (χ3v) is 9.64. The van der Waals surface area contributed by atoms with Crippen LogP contribution in [0.5, 0.6) is 0 Å². The van der Waals surface area contributed by atoms with Crippen LogP contribution < -0.4 is 10.5 Å². The molecular formula is C23H28N4O5S3. The summed E-state index contributed by atoms with van der Waals surface area (Å²) in [5.74, 6) is 0.241. The number of nitrogens with zero attached hydrogens (tertiary/aromatic N) is 4. The topological polar surface area (TPSA) is 113 Å². The second kappa shape index (κ2) is 9.69. The summed E-state index contributed by atoms with van der Waals surface area (Å²) in [6.45, 7) is 8.95. The minimum atomic E-state index is -3.19. The van der Waals surface area contributed by atoms with Crippen molar-refractivity contribution in [3.63, 3.8) is 0 Å². The molecule has 3 unspecified atom stereocenters. The molecule has 0 aliphatic carbocycles. The minimum absolute atomic E-state index is 0.0357. The van der Waals surface area contributed by atoms with E-state index >= 15 is 0 Å². The Bertz CT molecular complexity index is 1320. The maximum absolute atomic E-state index is 13.4. The predicted octanol–water partition coefficient (Wildman–Crippen LogP) is 2.05. The Hall–Kier alpha value is -2.20. The molecule has 3 fully saturated rings. The van der Waals surface area contributed by atoms with Gasteiger partial charge in [-0.2, -0.15) is 5.26 Å². The van der Waals surface area contributed by atoms with E-state index in [1.165, 1.54) is 4.90 Å². The average molecular weight is 537 g/mol. The van der Waals surface area contributed by atoms with Gasteiger partial charge in [-0.1, -0.05) is 24.0 Å². The van der Waals surface area contributed by atoms with Crippen LogP contribution in [0.4, 0.5) is 5.82 Å². The van der Waals surface area contributed by atoms with E-state index in [-0.39, 0.29) is 40.7 Å². The fourth-order valence-electron chi connectivity index (χ4n) is 5.03. The minimum Gasteiger partial charge on any atom is -0.372 e. The molecule has 0 radical (unpaired) electrons. The van der Waals surface area contributed by atoms with Crippen molar-refractivity contribution in [2.45, 2.75) is 58.9 Å². The third kappa shape index (κ3) is 4.79. The molecule has 0 bridgehead atoms. The molecule has 35 heavy (non-hydrogen) atoms. The van der Waals surface area contributed by atoms with Gasteiger partial charge in [-0.15, -0.1) is 0 Å². The Morgan fingerprint density at radius 2 is 1.91 bits per heavy atom. The van der Waals surface area contributed by atoms with Gasteiger partial charge >= 0.3 is 0 Å². The first kappa shape index (κ1) is 25.9. The molecule has 1 amide bonds. The molecule has 0 aromatic carbocycles. The summed E-state index contributed by atoms with van der Waals surface area (Å²) in [6, 6.07) is 1.56. The molecule has 1 aromatic rings. The van der Waals surface area contributed by atoms with Crippen LogP contribution in [0.2, 0.25) is 0 Å². The number of pyridine rings is 1. The summed E-state index contributed by atoms with van der Waals surface area (Å²) in [6.07, 6.45) is 1.93. The normalized spacial score (nSPS) is 27.6. The summed E-state index contributed by atoms with van der Waals surface area (Å²) < 4.78 is 31.8. The fraction of sp³-hybridized carbons (Fsp3) is 0.565. The van der Waals surface area contributed by atoms with Crippen LogP contribution in [0.25, 0.3) is 6.08 Å². The summed E-state index contributed by atoms with van der Waals surface area (Å²) in [7, 11) is -3.19. The van der Waals surface area contributed by atoms with Crippen LogP contribution in [-0.2, 0) is 25.9 Å². The number of ether oxygens (including phenoxy) is 1. The lowest BCUT2D eigenvalue weighted by Crippen LogP contribution is -2.48. The first-order valence-corrected chi connectivity index (χ1v) is 14.6. The SMILES string of the molecule is CCn1c(N2CC(C)OC(C)C2)c(C=C2SC(=S)N(C3CCS(=O)(=O)C3)C2=O)c(C)c(C#N)c1=O. The number of hydrogen-bond donors (Lipinski definition) is 0. The maximum atomic E-state index is 13.4. The molecule has 4 heterocycles. The molecule has 0 saturated carbocycles. The average Bonchev–Trinajstić information content (AvgIpc) is 3.26. The third-order valence-electron chi connectivity index (χ3n) is 6.55. The number of rotatable bonds is 4. The fourth-order valence-corrected chi connectivity index (χ4v) is 8.12. The lowest BCUT2D eigenvalue weighted by Gasteiger charge is -2.39. The highest BCUT2D eigenvalue weighted by atomic mass is 32.2. The molecule has 188 valence electrons. The standard InChI is InChI=1S/C23H28N4O5S3/c1-5-26-20(25-10-13(2)32-14(3)11-25)17(15(4)18(9-24)21(26)28)8-19-22(29)27(23(33)34-19)16-6-7-35(30,31)12-16/h8,13-14,16H,5-7,10-12H2,1-4H3. The van der Waals surface area contributed by atoms with Crippen LogP contribution in [0, 0.1) is 18.3 Å². The Morgan fingerprint density at radius 3 is 2.46 bits per heavy atom. The van der Waals surface area contributed by atoms with E-state index in [1.807, 2.05) is 26.8 Å². The number of morpholine rings is 1. The molecule has 3 aliphatic rings. The van der Waals surface area contributed by atoms with Crippen molar-refractivity contribution in [3.05, 3.63) is 31.9 Å². The van der Waals surface area contributed by atoms with Gasteiger partial charge in [0, 0.05) is 25.2 Å². The number of anilines is 1. The number of aromatic nitrogens is 1. The Kier molecular flexibility index (Phi) is 7.16. The van der Waals surface area contributed by atoms with Crippen molar-refractivity contribution < 1.29 is 17.9 Å². The van der Waals surface area contributed by atoms with Crippen molar-refractivity contribution in [3.8, 4) is 6.07 Å². The monoisotopic (exact) mass is 536 g/mol. The first-order valence-electron chi connectivity index (χ1n) is 11.5. The van der Waals surface area contributed by atoms with E-state index in [0.717, 1.165) is 11.8 Å². The Labute approximate surface area is 214 Å².